The van der Waals surface area contributed by atoms with Crippen molar-refractivity contribution in [1.29, 1.82) is 0 Å². The van der Waals surface area contributed by atoms with Crippen LogP contribution in [0.3, 0.4) is 0 Å². The number of benzene rings is 2. The van der Waals surface area contributed by atoms with Crippen LogP contribution in [0, 0.1) is 0 Å². The number of furan rings is 1. The molecule has 30 heavy (non-hydrogen) atoms. The smallest absolute Gasteiger partial charge is 0.166 e. The summed E-state index contributed by atoms with van der Waals surface area (Å²) in [4.78, 5) is 5.51. The third-order valence-electron chi connectivity index (χ3n) is 5.28. The van der Waals surface area contributed by atoms with E-state index in [1.807, 2.05) is 12.1 Å². The van der Waals surface area contributed by atoms with Crippen LogP contribution in [-0.4, -0.2) is 30.7 Å². The van der Waals surface area contributed by atoms with Gasteiger partial charge >= 0.3 is 0 Å². The van der Waals surface area contributed by atoms with Crippen molar-refractivity contribution in [3.63, 3.8) is 0 Å². The van der Waals surface area contributed by atoms with E-state index < -0.39 is 0 Å². The molecule has 2 aromatic carbocycles. The molecule has 0 amide bonds. The summed E-state index contributed by atoms with van der Waals surface area (Å²) in [5, 5.41) is 8.44. The molecule has 4 aromatic rings. The molecule has 1 atom stereocenters. The second kappa shape index (κ2) is 9.05. The summed E-state index contributed by atoms with van der Waals surface area (Å²) in [6.45, 7) is 1.25. The standard InChI is InChI=1S/C24H26N4OS/c1-28(2)18-11-9-17(10-12-18)21(22-16-25-23-8-4-3-7-20(22)23)15-27-24(30)26-14-19-6-5-13-29-19/h3-13,16,21,25H,14-15H2,1-2H3,(H2,26,27,30)/t21-/m0/s1. The Labute approximate surface area is 182 Å². The highest BCUT2D eigenvalue weighted by atomic mass is 32.1. The normalized spacial score (nSPS) is 11.9. The molecule has 154 valence electrons. The number of para-hydroxylation sites is 1. The van der Waals surface area contributed by atoms with Crippen LogP contribution in [0.4, 0.5) is 5.69 Å². The summed E-state index contributed by atoms with van der Waals surface area (Å²) in [6.07, 6.45) is 3.77. The third kappa shape index (κ3) is 4.49. The molecule has 2 aromatic heterocycles. The van der Waals surface area contributed by atoms with Crippen LogP contribution in [0.25, 0.3) is 10.9 Å². The van der Waals surface area contributed by atoms with Crippen LogP contribution in [0.15, 0.2) is 77.5 Å². The Hall–Kier alpha value is -3.25. The van der Waals surface area contributed by atoms with Gasteiger partial charge in [-0.1, -0.05) is 30.3 Å². The molecule has 0 radical (unpaired) electrons. The number of anilines is 1. The number of H-pyrrole nitrogens is 1. The Morgan fingerprint density at radius 2 is 1.83 bits per heavy atom. The molecular weight excluding hydrogens is 392 g/mol. The number of nitrogens with one attached hydrogen (secondary N) is 3. The molecule has 0 aliphatic rings. The number of rotatable bonds is 7. The van der Waals surface area contributed by atoms with E-state index in [4.69, 9.17) is 16.6 Å². The van der Waals surface area contributed by atoms with Crippen molar-refractivity contribution in [2.75, 3.05) is 25.5 Å². The first-order valence-electron chi connectivity index (χ1n) is 9.99. The molecule has 0 unspecified atom stereocenters. The zero-order valence-corrected chi connectivity index (χ0v) is 18.0. The Morgan fingerprint density at radius 1 is 1.03 bits per heavy atom. The van der Waals surface area contributed by atoms with Gasteiger partial charge in [0.05, 0.1) is 12.8 Å². The Morgan fingerprint density at radius 3 is 2.57 bits per heavy atom. The minimum Gasteiger partial charge on any atom is -0.467 e. The van der Waals surface area contributed by atoms with Gasteiger partial charge < -0.3 is 24.9 Å². The van der Waals surface area contributed by atoms with Gasteiger partial charge in [-0.3, -0.25) is 0 Å². The van der Waals surface area contributed by atoms with Crippen LogP contribution in [-0.2, 0) is 6.54 Å². The summed E-state index contributed by atoms with van der Waals surface area (Å²) >= 11 is 5.50. The number of fused-ring (bicyclic) bond motifs is 1. The van der Waals surface area contributed by atoms with Gasteiger partial charge in [-0.25, -0.2) is 0 Å². The van der Waals surface area contributed by atoms with Crippen LogP contribution in [0.1, 0.15) is 22.8 Å². The molecular formula is C24H26N4OS. The van der Waals surface area contributed by atoms with Crippen LogP contribution < -0.4 is 15.5 Å². The van der Waals surface area contributed by atoms with Gasteiger partial charge in [0.1, 0.15) is 5.76 Å². The van der Waals surface area contributed by atoms with Gasteiger partial charge in [-0.05, 0) is 53.7 Å². The summed E-state index contributed by atoms with van der Waals surface area (Å²) in [5.41, 5.74) is 4.82. The molecule has 5 nitrogen and oxygen atoms in total. The fraction of sp³-hybridized carbons (Fsp3) is 0.208. The van der Waals surface area contributed by atoms with Crippen molar-refractivity contribution in [3.05, 3.63) is 90.0 Å². The third-order valence-corrected chi connectivity index (χ3v) is 5.57. The summed E-state index contributed by atoms with van der Waals surface area (Å²) in [5.74, 6) is 1.01. The number of aromatic amines is 1. The predicted molar refractivity (Wildman–Crippen MR) is 127 cm³/mol. The van der Waals surface area contributed by atoms with Gasteiger partial charge in [0, 0.05) is 49.3 Å². The van der Waals surface area contributed by atoms with E-state index in [1.165, 1.54) is 22.2 Å². The average Bonchev–Trinajstić information content (AvgIpc) is 3.43. The molecule has 0 bridgehead atoms. The van der Waals surface area contributed by atoms with E-state index in [0.717, 1.165) is 11.3 Å². The molecule has 0 spiro atoms. The van der Waals surface area contributed by atoms with Crippen LogP contribution in [0.5, 0.6) is 0 Å². The minimum absolute atomic E-state index is 0.153. The molecule has 0 aliphatic carbocycles. The summed E-state index contributed by atoms with van der Waals surface area (Å²) in [6, 6.07) is 20.9. The number of hydrogen-bond donors (Lipinski definition) is 3. The molecule has 0 fully saturated rings. The van der Waals surface area contributed by atoms with Crippen molar-refractivity contribution in [1.82, 2.24) is 15.6 Å². The van der Waals surface area contributed by atoms with Gasteiger partial charge in [0.2, 0.25) is 0 Å². The van der Waals surface area contributed by atoms with Crippen molar-refractivity contribution in [3.8, 4) is 0 Å². The number of nitrogens with zero attached hydrogens (tertiary/aromatic N) is 1. The zero-order chi connectivity index (χ0) is 20.9. The maximum Gasteiger partial charge on any atom is 0.166 e. The SMILES string of the molecule is CN(C)c1ccc([C@H](CNC(=S)NCc2ccco2)c2c[nH]c3ccccc23)cc1. The number of hydrogen-bond acceptors (Lipinski definition) is 3. The first-order chi connectivity index (χ1) is 14.6. The van der Waals surface area contributed by atoms with Gasteiger partial charge in [-0.2, -0.15) is 0 Å². The lowest BCUT2D eigenvalue weighted by Gasteiger charge is -2.21. The minimum atomic E-state index is 0.153. The van der Waals surface area contributed by atoms with Gasteiger partial charge in [0.25, 0.3) is 0 Å². The van der Waals surface area contributed by atoms with E-state index in [2.05, 4.69) is 89.3 Å². The first-order valence-corrected chi connectivity index (χ1v) is 10.4. The Kier molecular flexibility index (Phi) is 6.05. The maximum absolute atomic E-state index is 5.50. The van der Waals surface area contributed by atoms with Crippen molar-refractivity contribution in [2.45, 2.75) is 12.5 Å². The molecule has 0 saturated carbocycles. The predicted octanol–water partition coefficient (Wildman–Crippen LogP) is 4.62. The zero-order valence-electron chi connectivity index (χ0n) is 17.2. The van der Waals surface area contributed by atoms with E-state index in [1.54, 1.807) is 6.26 Å². The Balaban J connectivity index is 1.55. The largest absolute Gasteiger partial charge is 0.467 e. The summed E-state index contributed by atoms with van der Waals surface area (Å²) in [7, 11) is 4.10. The number of thiocarbonyl (C=S) groups is 1. The molecule has 0 saturated heterocycles. The summed E-state index contributed by atoms with van der Waals surface area (Å²) < 4.78 is 5.36. The molecule has 3 N–H and O–H groups in total. The van der Waals surface area contributed by atoms with Gasteiger partial charge in [0.15, 0.2) is 5.11 Å². The monoisotopic (exact) mass is 418 g/mol. The van der Waals surface area contributed by atoms with E-state index in [9.17, 15) is 0 Å². The van der Waals surface area contributed by atoms with Gasteiger partial charge in [-0.15, -0.1) is 0 Å². The second-order valence-electron chi connectivity index (χ2n) is 7.47. The lowest BCUT2D eigenvalue weighted by Crippen LogP contribution is -2.37. The topological polar surface area (TPSA) is 56.2 Å². The quantitative estimate of drug-likeness (QED) is 0.382. The fourth-order valence-corrected chi connectivity index (χ4v) is 3.79. The van der Waals surface area contributed by atoms with Crippen LogP contribution >= 0.6 is 12.2 Å². The van der Waals surface area contributed by atoms with Crippen LogP contribution in [0.2, 0.25) is 0 Å². The van der Waals surface area contributed by atoms with E-state index in [0.29, 0.717) is 18.2 Å². The Bertz CT molecular complexity index is 1100. The fourth-order valence-electron chi connectivity index (χ4n) is 3.63. The molecule has 0 aliphatic heterocycles. The molecule has 6 heteroatoms. The molecule has 4 rings (SSSR count). The lowest BCUT2D eigenvalue weighted by atomic mass is 9.90. The second-order valence-corrected chi connectivity index (χ2v) is 7.88. The molecule has 2 heterocycles. The van der Waals surface area contributed by atoms with E-state index >= 15 is 0 Å². The van der Waals surface area contributed by atoms with Crippen molar-refractivity contribution < 1.29 is 4.42 Å². The highest BCUT2D eigenvalue weighted by molar-refractivity contribution is 7.80. The maximum atomic E-state index is 5.50. The average molecular weight is 419 g/mol. The van der Waals surface area contributed by atoms with E-state index in [-0.39, 0.29) is 5.92 Å². The lowest BCUT2D eigenvalue weighted by molar-refractivity contribution is 0.502. The highest BCUT2D eigenvalue weighted by Crippen LogP contribution is 2.31. The van der Waals surface area contributed by atoms with Crippen molar-refractivity contribution in [2.24, 2.45) is 0 Å². The van der Waals surface area contributed by atoms with Crippen molar-refractivity contribution >= 4 is 33.9 Å². The first kappa shape index (κ1) is 20.0. The highest BCUT2D eigenvalue weighted by Gasteiger charge is 2.19. The number of aromatic nitrogens is 1.